The lowest BCUT2D eigenvalue weighted by molar-refractivity contribution is 0.481. The van der Waals surface area contributed by atoms with Gasteiger partial charge in [0, 0.05) is 36.8 Å². The summed E-state index contributed by atoms with van der Waals surface area (Å²) in [5.41, 5.74) is 3.11. The first-order valence-corrected chi connectivity index (χ1v) is 10.1. The van der Waals surface area contributed by atoms with Crippen molar-refractivity contribution in [3.05, 3.63) is 84.8 Å². The number of fused-ring (bicyclic) bond motifs is 1. The zero-order valence-corrected chi connectivity index (χ0v) is 16.2. The van der Waals surface area contributed by atoms with Crippen LogP contribution < -0.4 is 0 Å². The van der Waals surface area contributed by atoms with Crippen LogP contribution in [0.25, 0.3) is 16.8 Å². The normalized spacial score (nSPS) is 11.9. The molecular formula is C20H16FN5O2S. The van der Waals surface area contributed by atoms with E-state index < -0.39 is 20.7 Å². The van der Waals surface area contributed by atoms with Gasteiger partial charge in [-0.15, -0.1) is 0 Å². The van der Waals surface area contributed by atoms with Crippen molar-refractivity contribution in [2.75, 3.05) is 7.05 Å². The summed E-state index contributed by atoms with van der Waals surface area (Å²) in [6, 6.07) is 12.7. The van der Waals surface area contributed by atoms with Gasteiger partial charge in [-0.25, -0.2) is 9.37 Å². The van der Waals surface area contributed by atoms with Crippen LogP contribution in [0.3, 0.4) is 0 Å². The van der Waals surface area contributed by atoms with Crippen LogP contribution >= 0.6 is 0 Å². The fourth-order valence-electron chi connectivity index (χ4n) is 2.80. The van der Waals surface area contributed by atoms with Crippen LogP contribution in [0.1, 0.15) is 5.69 Å². The molecule has 4 rings (SSSR count). The van der Waals surface area contributed by atoms with Gasteiger partial charge in [0.2, 0.25) is 0 Å². The minimum Gasteiger partial charge on any atom is -0.298 e. The molecule has 0 radical (unpaired) electrons. The molecule has 0 unspecified atom stereocenters. The molecule has 0 amide bonds. The molecule has 0 aliphatic heterocycles. The van der Waals surface area contributed by atoms with Gasteiger partial charge in [0.15, 0.2) is 0 Å². The second kappa shape index (κ2) is 7.44. The van der Waals surface area contributed by atoms with E-state index >= 15 is 0 Å². The number of hydrogen-bond donors (Lipinski definition) is 0. The van der Waals surface area contributed by atoms with E-state index in [1.807, 2.05) is 30.5 Å². The van der Waals surface area contributed by atoms with Crippen LogP contribution in [-0.4, -0.2) is 40.5 Å². The maximum atomic E-state index is 13.9. The number of sulfonamides is 1. The van der Waals surface area contributed by atoms with Crippen molar-refractivity contribution < 1.29 is 12.8 Å². The second-order valence-corrected chi connectivity index (χ2v) is 8.10. The van der Waals surface area contributed by atoms with Crippen LogP contribution in [0.15, 0.2) is 83.3 Å². The second-order valence-electron chi connectivity index (χ2n) is 6.19. The lowest BCUT2D eigenvalue weighted by atomic mass is 10.1. The highest BCUT2D eigenvalue weighted by Gasteiger charge is 2.23. The number of benzene rings is 1. The Kier molecular flexibility index (Phi) is 4.81. The molecule has 1 aromatic carbocycles. The molecule has 0 saturated carbocycles. The van der Waals surface area contributed by atoms with Crippen LogP contribution in [0.4, 0.5) is 4.39 Å². The Hall–Kier alpha value is -3.59. The Morgan fingerprint density at radius 2 is 1.90 bits per heavy atom. The van der Waals surface area contributed by atoms with E-state index in [1.165, 1.54) is 31.5 Å². The van der Waals surface area contributed by atoms with Gasteiger partial charge in [-0.3, -0.25) is 9.38 Å². The molecule has 4 aromatic rings. The first kappa shape index (κ1) is 18.8. The molecule has 0 N–H and O–H groups in total. The summed E-state index contributed by atoms with van der Waals surface area (Å²) in [7, 11) is -2.85. The SMILES string of the molecule is CN(N=Cc1cnc2ccc(-c3cccnc3)cn12)S(=O)(=O)c1ccccc1F. The highest BCUT2D eigenvalue weighted by molar-refractivity contribution is 7.89. The molecule has 0 saturated heterocycles. The molecule has 146 valence electrons. The Balaban J connectivity index is 1.67. The van der Waals surface area contributed by atoms with Gasteiger partial charge in [0.1, 0.15) is 16.4 Å². The quantitative estimate of drug-likeness (QED) is 0.375. The zero-order chi connectivity index (χ0) is 20.4. The lowest BCUT2D eigenvalue weighted by Gasteiger charge is -2.13. The van der Waals surface area contributed by atoms with Gasteiger partial charge in [0.25, 0.3) is 10.0 Å². The fraction of sp³-hybridized carbons (Fsp3) is 0.0500. The van der Waals surface area contributed by atoms with Gasteiger partial charge < -0.3 is 0 Å². The number of hydrogen-bond acceptors (Lipinski definition) is 5. The monoisotopic (exact) mass is 409 g/mol. The number of aromatic nitrogens is 3. The molecule has 0 fully saturated rings. The van der Waals surface area contributed by atoms with Crippen LogP contribution in [0, 0.1) is 5.82 Å². The number of imidazole rings is 1. The first-order valence-electron chi connectivity index (χ1n) is 8.62. The number of pyridine rings is 2. The predicted molar refractivity (Wildman–Crippen MR) is 107 cm³/mol. The number of hydrazone groups is 1. The van der Waals surface area contributed by atoms with E-state index in [2.05, 4.69) is 15.1 Å². The van der Waals surface area contributed by atoms with E-state index in [9.17, 15) is 12.8 Å². The highest BCUT2D eigenvalue weighted by Crippen LogP contribution is 2.20. The standard InChI is InChI=1S/C20H16FN5O2S/c1-25(29(27,28)19-7-3-2-6-18(19)21)24-13-17-12-23-20-9-8-16(14-26(17)20)15-5-4-10-22-11-15/h2-14H,1H3. The molecule has 3 heterocycles. The topological polar surface area (TPSA) is 79.9 Å². The van der Waals surface area contributed by atoms with E-state index in [0.717, 1.165) is 21.6 Å². The summed E-state index contributed by atoms with van der Waals surface area (Å²) in [5, 5.41) is 3.99. The largest absolute Gasteiger partial charge is 0.298 e. The van der Waals surface area contributed by atoms with Crippen molar-refractivity contribution in [2.45, 2.75) is 4.90 Å². The third-order valence-corrected chi connectivity index (χ3v) is 6.02. The van der Waals surface area contributed by atoms with Crippen molar-refractivity contribution in [1.29, 1.82) is 0 Å². The average Bonchev–Trinajstić information content (AvgIpc) is 3.15. The summed E-state index contributed by atoms with van der Waals surface area (Å²) in [6.45, 7) is 0. The molecule has 7 nitrogen and oxygen atoms in total. The smallest absolute Gasteiger partial charge is 0.281 e. The van der Waals surface area contributed by atoms with Gasteiger partial charge in [-0.2, -0.15) is 17.9 Å². The maximum absolute atomic E-state index is 13.9. The Bertz CT molecular complexity index is 1300. The Morgan fingerprint density at radius 1 is 1.07 bits per heavy atom. The lowest BCUT2D eigenvalue weighted by Crippen LogP contribution is -2.23. The third kappa shape index (κ3) is 3.59. The molecule has 0 spiro atoms. The number of rotatable bonds is 5. The van der Waals surface area contributed by atoms with Crippen molar-refractivity contribution >= 4 is 21.9 Å². The number of nitrogens with zero attached hydrogens (tertiary/aromatic N) is 5. The van der Waals surface area contributed by atoms with E-state index in [0.29, 0.717) is 11.3 Å². The molecule has 29 heavy (non-hydrogen) atoms. The van der Waals surface area contributed by atoms with E-state index in [-0.39, 0.29) is 0 Å². The average molecular weight is 409 g/mol. The highest BCUT2D eigenvalue weighted by atomic mass is 32.2. The third-order valence-electron chi connectivity index (χ3n) is 4.34. The van der Waals surface area contributed by atoms with Crippen molar-refractivity contribution in [2.24, 2.45) is 5.10 Å². The summed E-state index contributed by atoms with van der Waals surface area (Å²) in [4.78, 5) is 7.98. The summed E-state index contributed by atoms with van der Waals surface area (Å²) < 4.78 is 41.5. The van der Waals surface area contributed by atoms with Crippen LogP contribution in [0.2, 0.25) is 0 Å². The molecular weight excluding hydrogens is 393 g/mol. The zero-order valence-electron chi connectivity index (χ0n) is 15.3. The van der Waals surface area contributed by atoms with Crippen molar-refractivity contribution in [1.82, 2.24) is 18.8 Å². The maximum Gasteiger partial charge on any atom is 0.281 e. The number of halogens is 1. The molecule has 0 aliphatic rings. The van der Waals surface area contributed by atoms with E-state index in [1.54, 1.807) is 23.0 Å². The Labute approximate surface area is 166 Å². The summed E-state index contributed by atoms with van der Waals surface area (Å²) >= 11 is 0. The van der Waals surface area contributed by atoms with Crippen LogP contribution in [0.5, 0.6) is 0 Å². The van der Waals surface area contributed by atoms with Gasteiger partial charge >= 0.3 is 0 Å². The predicted octanol–water partition coefficient (Wildman–Crippen LogP) is 3.19. The Morgan fingerprint density at radius 3 is 2.66 bits per heavy atom. The summed E-state index contributed by atoms with van der Waals surface area (Å²) in [6.07, 6.45) is 8.26. The minimum absolute atomic E-state index is 0.434. The molecule has 0 bridgehead atoms. The van der Waals surface area contributed by atoms with Gasteiger partial charge in [-0.05, 0) is 30.3 Å². The van der Waals surface area contributed by atoms with E-state index in [4.69, 9.17) is 0 Å². The van der Waals surface area contributed by atoms with Crippen LogP contribution in [-0.2, 0) is 10.0 Å². The fourth-order valence-corrected chi connectivity index (χ4v) is 3.82. The van der Waals surface area contributed by atoms with Gasteiger partial charge in [0.05, 0.1) is 18.1 Å². The first-order chi connectivity index (χ1) is 14.0. The minimum atomic E-state index is -4.10. The van der Waals surface area contributed by atoms with Crippen molar-refractivity contribution in [3.8, 4) is 11.1 Å². The van der Waals surface area contributed by atoms with Gasteiger partial charge in [-0.1, -0.05) is 18.2 Å². The van der Waals surface area contributed by atoms with Crippen molar-refractivity contribution in [3.63, 3.8) is 0 Å². The molecule has 9 heteroatoms. The molecule has 0 aliphatic carbocycles. The molecule has 3 aromatic heterocycles. The summed E-state index contributed by atoms with van der Waals surface area (Å²) in [5.74, 6) is -0.828. The molecule has 0 atom stereocenters.